The lowest BCUT2D eigenvalue weighted by atomic mass is 10.5. The third-order valence-corrected chi connectivity index (χ3v) is 2.18. The van der Waals surface area contributed by atoms with E-state index in [1.807, 2.05) is 19.3 Å². The number of aromatic nitrogens is 4. The standard InChI is InChI=1S/C10H12ClN5O/c1-16-4-3-8(15-16)13-9-5-7(11)12-10(14-9)6-17-2/h3-5H,6H2,1-2H3,(H,12,13,14,15). The summed E-state index contributed by atoms with van der Waals surface area (Å²) in [4.78, 5) is 8.28. The molecule has 0 unspecified atom stereocenters. The summed E-state index contributed by atoms with van der Waals surface area (Å²) >= 11 is 5.88. The third-order valence-electron chi connectivity index (χ3n) is 1.98. The van der Waals surface area contributed by atoms with Crippen molar-refractivity contribution in [3.8, 4) is 0 Å². The van der Waals surface area contributed by atoms with Crippen molar-refractivity contribution in [2.24, 2.45) is 7.05 Å². The van der Waals surface area contributed by atoms with E-state index in [1.165, 1.54) is 0 Å². The van der Waals surface area contributed by atoms with Crippen LogP contribution in [0.15, 0.2) is 18.3 Å². The maximum atomic E-state index is 5.88. The lowest BCUT2D eigenvalue weighted by molar-refractivity contribution is 0.178. The molecule has 0 atom stereocenters. The molecule has 0 aromatic carbocycles. The highest BCUT2D eigenvalue weighted by Crippen LogP contribution is 2.16. The number of nitrogens with one attached hydrogen (secondary N) is 1. The molecule has 2 aromatic heterocycles. The number of halogens is 1. The summed E-state index contributed by atoms with van der Waals surface area (Å²) in [7, 11) is 3.42. The second-order valence-electron chi connectivity index (χ2n) is 3.42. The molecule has 0 aliphatic rings. The van der Waals surface area contributed by atoms with Gasteiger partial charge >= 0.3 is 0 Å². The monoisotopic (exact) mass is 253 g/mol. The highest BCUT2D eigenvalue weighted by molar-refractivity contribution is 6.29. The van der Waals surface area contributed by atoms with E-state index >= 15 is 0 Å². The predicted octanol–water partition coefficient (Wildman–Crippen LogP) is 1.75. The van der Waals surface area contributed by atoms with Crippen LogP contribution >= 0.6 is 11.6 Å². The van der Waals surface area contributed by atoms with E-state index in [0.29, 0.717) is 29.2 Å². The molecule has 90 valence electrons. The SMILES string of the molecule is COCc1nc(Cl)cc(Nc2ccn(C)n2)n1. The zero-order valence-electron chi connectivity index (χ0n) is 9.51. The first-order valence-corrected chi connectivity index (χ1v) is 5.34. The Bertz CT molecular complexity index is 513. The molecule has 7 heteroatoms. The lowest BCUT2D eigenvalue weighted by Gasteiger charge is -2.05. The Balaban J connectivity index is 2.20. The Morgan fingerprint density at radius 1 is 1.41 bits per heavy atom. The molecular formula is C10H12ClN5O. The minimum atomic E-state index is 0.317. The Labute approximate surface area is 104 Å². The maximum Gasteiger partial charge on any atom is 0.158 e. The van der Waals surface area contributed by atoms with E-state index in [4.69, 9.17) is 16.3 Å². The van der Waals surface area contributed by atoms with Gasteiger partial charge in [0.05, 0.1) is 0 Å². The first kappa shape index (κ1) is 11.8. The van der Waals surface area contributed by atoms with Crippen LogP contribution in [0.1, 0.15) is 5.82 Å². The zero-order chi connectivity index (χ0) is 12.3. The van der Waals surface area contributed by atoms with E-state index in [0.717, 1.165) is 0 Å². The second kappa shape index (κ2) is 5.11. The minimum absolute atomic E-state index is 0.317. The number of hydrogen-bond acceptors (Lipinski definition) is 5. The van der Waals surface area contributed by atoms with Crippen LogP contribution < -0.4 is 5.32 Å². The van der Waals surface area contributed by atoms with Crippen molar-refractivity contribution in [2.45, 2.75) is 6.61 Å². The zero-order valence-corrected chi connectivity index (χ0v) is 10.3. The smallest absolute Gasteiger partial charge is 0.158 e. The van der Waals surface area contributed by atoms with Gasteiger partial charge in [0.2, 0.25) is 0 Å². The van der Waals surface area contributed by atoms with Gasteiger partial charge in [-0.25, -0.2) is 9.97 Å². The van der Waals surface area contributed by atoms with Crippen LogP contribution in [-0.4, -0.2) is 26.9 Å². The van der Waals surface area contributed by atoms with Crippen LogP contribution in [-0.2, 0) is 18.4 Å². The van der Waals surface area contributed by atoms with Crippen LogP contribution in [0.3, 0.4) is 0 Å². The molecule has 0 bridgehead atoms. The van der Waals surface area contributed by atoms with Gasteiger partial charge in [0.1, 0.15) is 17.6 Å². The molecule has 0 radical (unpaired) electrons. The van der Waals surface area contributed by atoms with Crippen LogP contribution in [0.4, 0.5) is 11.6 Å². The first-order chi connectivity index (χ1) is 8.17. The molecule has 2 aromatic rings. The Hall–Kier alpha value is -1.66. The largest absolute Gasteiger partial charge is 0.377 e. The van der Waals surface area contributed by atoms with Gasteiger partial charge in [0.15, 0.2) is 11.6 Å². The van der Waals surface area contributed by atoms with Gasteiger partial charge in [-0.3, -0.25) is 4.68 Å². The van der Waals surface area contributed by atoms with E-state index < -0.39 is 0 Å². The second-order valence-corrected chi connectivity index (χ2v) is 3.81. The van der Waals surface area contributed by atoms with Crippen molar-refractivity contribution in [1.29, 1.82) is 0 Å². The van der Waals surface area contributed by atoms with Gasteiger partial charge in [0, 0.05) is 32.5 Å². The number of aryl methyl sites for hydroxylation is 1. The van der Waals surface area contributed by atoms with Crippen molar-refractivity contribution in [1.82, 2.24) is 19.7 Å². The molecule has 2 rings (SSSR count). The van der Waals surface area contributed by atoms with Crippen molar-refractivity contribution < 1.29 is 4.74 Å². The molecule has 0 aliphatic heterocycles. The van der Waals surface area contributed by atoms with E-state index in [1.54, 1.807) is 17.9 Å². The van der Waals surface area contributed by atoms with Crippen LogP contribution in [0, 0.1) is 0 Å². The van der Waals surface area contributed by atoms with Gasteiger partial charge in [0.25, 0.3) is 0 Å². The predicted molar refractivity (Wildman–Crippen MR) is 64.2 cm³/mol. The summed E-state index contributed by atoms with van der Waals surface area (Å²) in [5.41, 5.74) is 0. The molecule has 0 saturated carbocycles. The fourth-order valence-corrected chi connectivity index (χ4v) is 1.54. The molecule has 2 heterocycles. The molecule has 0 fully saturated rings. The summed E-state index contributed by atoms with van der Waals surface area (Å²) in [6, 6.07) is 3.47. The van der Waals surface area contributed by atoms with Crippen LogP contribution in [0.2, 0.25) is 5.15 Å². The van der Waals surface area contributed by atoms with E-state index in [9.17, 15) is 0 Å². The maximum absolute atomic E-state index is 5.88. The van der Waals surface area contributed by atoms with Crippen molar-refractivity contribution in [3.05, 3.63) is 29.3 Å². The van der Waals surface area contributed by atoms with Gasteiger partial charge in [-0.1, -0.05) is 11.6 Å². The molecule has 1 N–H and O–H groups in total. The number of anilines is 2. The summed E-state index contributed by atoms with van der Waals surface area (Å²) in [6.45, 7) is 0.317. The lowest BCUT2D eigenvalue weighted by Crippen LogP contribution is -2.02. The first-order valence-electron chi connectivity index (χ1n) is 4.96. The summed E-state index contributed by atoms with van der Waals surface area (Å²) < 4.78 is 6.66. The minimum Gasteiger partial charge on any atom is -0.377 e. The topological polar surface area (TPSA) is 64.9 Å². The third kappa shape index (κ3) is 3.15. The van der Waals surface area contributed by atoms with Gasteiger partial charge < -0.3 is 10.1 Å². The molecule has 6 nitrogen and oxygen atoms in total. The number of hydrogen-bond donors (Lipinski definition) is 1. The molecule has 0 aliphatic carbocycles. The average Bonchev–Trinajstić information content (AvgIpc) is 2.63. The van der Waals surface area contributed by atoms with E-state index in [2.05, 4.69) is 20.4 Å². The van der Waals surface area contributed by atoms with Gasteiger partial charge in [-0.2, -0.15) is 5.10 Å². The van der Waals surface area contributed by atoms with Gasteiger partial charge in [-0.05, 0) is 0 Å². The normalized spacial score (nSPS) is 10.5. The van der Waals surface area contributed by atoms with Crippen LogP contribution in [0.5, 0.6) is 0 Å². The number of ether oxygens (including phenoxy) is 1. The summed E-state index contributed by atoms with van der Waals surface area (Å²) in [5.74, 6) is 1.82. The van der Waals surface area contributed by atoms with Crippen molar-refractivity contribution in [3.63, 3.8) is 0 Å². The average molecular weight is 254 g/mol. The highest BCUT2D eigenvalue weighted by Gasteiger charge is 2.04. The summed E-state index contributed by atoms with van der Waals surface area (Å²) in [6.07, 6.45) is 1.83. The fraction of sp³-hybridized carbons (Fsp3) is 0.300. The Kier molecular flexibility index (Phi) is 3.55. The quantitative estimate of drug-likeness (QED) is 0.841. The molecule has 0 amide bonds. The Morgan fingerprint density at radius 3 is 2.88 bits per heavy atom. The number of methoxy groups -OCH3 is 1. The van der Waals surface area contributed by atoms with Crippen LogP contribution in [0.25, 0.3) is 0 Å². The number of nitrogens with zero attached hydrogens (tertiary/aromatic N) is 4. The molecule has 0 saturated heterocycles. The summed E-state index contributed by atoms with van der Waals surface area (Å²) in [5, 5.41) is 7.59. The molecule has 0 spiro atoms. The fourth-order valence-electron chi connectivity index (χ4n) is 1.34. The van der Waals surface area contributed by atoms with Crippen molar-refractivity contribution in [2.75, 3.05) is 12.4 Å². The van der Waals surface area contributed by atoms with Gasteiger partial charge in [-0.15, -0.1) is 0 Å². The van der Waals surface area contributed by atoms with Crippen molar-refractivity contribution >= 4 is 23.2 Å². The molecule has 17 heavy (non-hydrogen) atoms. The Morgan fingerprint density at radius 2 is 2.24 bits per heavy atom. The van der Waals surface area contributed by atoms with E-state index in [-0.39, 0.29) is 0 Å². The number of rotatable bonds is 4. The highest BCUT2D eigenvalue weighted by atomic mass is 35.5. The molecular weight excluding hydrogens is 242 g/mol.